The van der Waals surface area contributed by atoms with Gasteiger partial charge in [0, 0.05) is 0 Å². The highest BCUT2D eigenvalue weighted by Crippen LogP contribution is 2.41. The van der Waals surface area contributed by atoms with Gasteiger partial charge in [0.25, 0.3) is 0 Å². The number of esters is 1. The van der Waals surface area contributed by atoms with Crippen molar-refractivity contribution < 1.29 is 9.53 Å². The van der Waals surface area contributed by atoms with Crippen molar-refractivity contribution >= 4 is 15.2 Å². The third-order valence-electron chi connectivity index (χ3n) is 5.06. The third kappa shape index (κ3) is 3.70. The predicted molar refractivity (Wildman–Crippen MR) is 77.2 cm³/mol. The van der Waals surface area contributed by atoms with E-state index in [0.717, 1.165) is 30.6 Å². The van der Waals surface area contributed by atoms with Crippen molar-refractivity contribution in [1.82, 2.24) is 0 Å². The maximum atomic E-state index is 11.7. The summed E-state index contributed by atoms with van der Waals surface area (Å²) in [5.74, 6) is 2.98. The Morgan fingerprint density at radius 3 is 2.00 bits per heavy atom. The van der Waals surface area contributed by atoms with Crippen LogP contribution in [0.4, 0.5) is 0 Å². The van der Waals surface area contributed by atoms with Crippen LogP contribution in [0.2, 0.25) is 0 Å². The molecule has 0 spiro atoms. The summed E-state index contributed by atoms with van der Waals surface area (Å²) < 4.78 is 5.10. The zero-order valence-corrected chi connectivity index (χ0v) is 12.7. The first-order chi connectivity index (χ1) is 8.70. The fraction of sp³-hybridized carbons (Fsp3) is 0.933. The second-order valence-corrected chi connectivity index (χ2v) is 6.60. The van der Waals surface area contributed by atoms with Crippen molar-refractivity contribution in [3.63, 3.8) is 0 Å². The molecule has 2 aliphatic rings. The molecule has 0 amide bonds. The Balaban J connectivity index is 1.74. The van der Waals surface area contributed by atoms with E-state index in [1.54, 1.807) is 0 Å². The Morgan fingerprint density at radius 1 is 1.00 bits per heavy atom. The van der Waals surface area contributed by atoms with Gasteiger partial charge in [-0.2, -0.15) is 0 Å². The molecule has 104 valence electrons. The normalized spacial score (nSPS) is 37.2. The first-order valence-corrected chi connectivity index (χ1v) is 8.39. The molecule has 18 heavy (non-hydrogen) atoms. The maximum absolute atomic E-state index is 11.7. The molecule has 0 aliphatic heterocycles. The molecule has 0 bridgehead atoms. The summed E-state index contributed by atoms with van der Waals surface area (Å²) in [5, 5.41) is 0. The molecule has 0 aromatic carbocycles. The molecular weight excluding hydrogens is 243 g/mol. The van der Waals surface area contributed by atoms with Gasteiger partial charge in [0.15, 0.2) is 0 Å². The smallest absolute Gasteiger partial charge is 0.309 e. The molecule has 2 saturated carbocycles. The lowest BCUT2D eigenvalue weighted by Crippen LogP contribution is -2.28. The van der Waals surface area contributed by atoms with Crippen LogP contribution in [-0.2, 0) is 9.53 Å². The molecule has 2 rings (SSSR count). The monoisotopic (exact) mass is 270 g/mol. The third-order valence-corrected chi connectivity index (χ3v) is 5.22. The van der Waals surface area contributed by atoms with Crippen LogP contribution in [0.15, 0.2) is 0 Å². The van der Waals surface area contributed by atoms with E-state index in [2.05, 4.69) is 16.2 Å². The Hall–Kier alpha value is -0.100. The minimum atomic E-state index is 0.0284. The molecule has 0 aromatic heterocycles. The van der Waals surface area contributed by atoms with Crippen LogP contribution in [0.5, 0.6) is 0 Å². The minimum absolute atomic E-state index is 0.0284. The van der Waals surface area contributed by atoms with Crippen LogP contribution in [0, 0.1) is 23.7 Å². The number of ether oxygens (including phenoxy) is 1. The first-order valence-electron chi connectivity index (χ1n) is 7.57. The minimum Gasteiger partial charge on any atom is -0.461 e. The molecule has 3 heteroatoms. The van der Waals surface area contributed by atoms with E-state index in [-0.39, 0.29) is 11.9 Å². The Kier molecular flexibility index (Phi) is 5.48. The molecular formula is C15H27O2P. The van der Waals surface area contributed by atoms with Crippen LogP contribution in [0.1, 0.15) is 58.3 Å². The van der Waals surface area contributed by atoms with Crippen LogP contribution in [0.25, 0.3) is 0 Å². The van der Waals surface area contributed by atoms with Gasteiger partial charge in [-0.1, -0.05) is 29.0 Å². The second-order valence-electron chi connectivity index (χ2n) is 6.26. The van der Waals surface area contributed by atoms with Gasteiger partial charge in [0.2, 0.25) is 0 Å². The molecule has 2 fully saturated rings. The van der Waals surface area contributed by atoms with Crippen molar-refractivity contribution in [1.29, 1.82) is 0 Å². The molecule has 1 unspecified atom stereocenters. The van der Waals surface area contributed by atoms with Gasteiger partial charge in [0.05, 0.1) is 5.92 Å². The molecule has 2 aliphatic carbocycles. The van der Waals surface area contributed by atoms with Gasteiger partial charge in [-0.3, -0.25) is 4.79 Å². The highest BCUT2D eigenvalue weighted by molar-refractivity contribution is 7.16. The van der Waals surface area contributed by atoms with Gasteiger partial charge >= 0.3 is 5.97 Å². The van der Waals surface area contributed by atoms with E-state index < -0.39 is 0 Å². The fourth-order valence-corrected chi connectivity index (χ4v) is 3.95. The van der Waals surface area contributed by atoms with Gasteiger partial charge in [0.1, 0.15) is 6.35 Å². The SMILES string of the molecule is CC1CCC(C2CCC(C(=O)OCP)CC2)CC1. The van der Waals surface area contributed by atoms with E-state index in [9.17, 15) is 4.79 Å². The number of carbonyl (C=O) groups is 1. The van der Waals surface area contributed by atoms with Crippen molar-refractivity contribution in [2.75, 3.05) is 6.35 Å². The van der Waals surface area contributed by atoms with Crippen LogP contribution < -0.4 is 0 Å². The average molecular weight is 270 g/mol. The lowest BCUT2D eigenvalue weighted by Gasteiger charge is -2.36. The maximum Gasteiger partial charge on any atom is 0.309 e. The Morgan fingerprint density at radius 2 is 1.50 bits per heavy atom. The van der Waals surface area contributed by atoms with E-state index in [4.69, 9.17) is 4.74 Å². The van der Waals surface area contributed by atoms with Crippen molar-refractivity contribution in [3.8, 4) is 0 Å². The molecule has 2 nitrogen and oxygen atoms in total. The van der Waals surface area contributed by atoms with Crippen LogP contribution >= 0.6 is 9.24 Å². The molecule has 0 saturated heterocycles. The quantitative estimate of drug-likeness (QED) is 0.572. The van der Waals surface area contributed by atoms with Crippen molar-refractivity contribution in [2.24, 2.45) is 23.7 Å². The topological polar surface area (TPSA) is 26.3 Å². The second kappa shape index (κ2) is 6.89. The highest BCUT2D eigenvalue weighted by atomic mass is 31.0. The zero-order valence-electron chi connectivity index (χ0n) is 11.6. The van der Waals surface area contributed by atoms with E-state index in [0.29, 0.717) is 6.35 Å². The number of hydrogen-bond acceptors (Lipinski definition) is 2. The largest absolute Gasteiger partial charge is 0.461 e. The number of carbonyl (C=O) groups excluding carboxylic acids is 1. The summed E-state index contributed by atoms with van der Waals surface area (Å²) in [5.41, 5.74) is 0. The van der Waals surface area contributed by atoms with Gasteiger partial charge < -0.3 is 4.74 Å². The number of hydrogen-bond donors (Lipinski definition) is 0. The van der Waals surface area contributed by atoms with Gasteiger partial charge in [-0.05, 0) is 56.3 Å². The lowest BCUT2D eigenvalue weighted by atomic mass is 9.69. The molecule has 0 heterocycles. The van der Waals surface area contributed by atoms with Crippen LogP contribution in [0.3, 0.4) is 0 Å². The van der Waals surface area contributed by atoms with E-state index >= 15 is 0 Å². The van der Waals surface area contributed by atoms with Crippen molar-refractivity contribution in [2.45, 2.75) is 58.3 Å². The van der Waals surface area contributed by atoms with Gasteiger partial charge in [-0.15, -0.1) is 0 Å². The zero-order chi connectivity index (χ0) is 13.0. The first kappa shape index (κ1) is 14.3. The summed E-state index contributed by atoms with van der Waals surface area (Å²) in [7, 11) is 2.45. The summed E-state index contributed by atoms with van der Waals surface area (Å²) in [6.07, 6.45) is 10.7. The summed E-state index contributed by atoms with van der Waals surface area (Å²) in [6.45, 7) is 2.38. The number of rotatable bonds is 3. The molecule has 0 aromatic rings. The average Bonchev–Trinajstić information content (AvgIpc) is 2.40. The summed E-state index contributed by atoms with van der Waals surface area (Å²) >= 11 is 0. The lowest BCUT2D eigenvalue weighted by molar-refractivity contribution is -0.147. The Labute approximate surface area is 113 Å². The predicted octanol–water partition coefficient (Wildman–Crippen LogP) is 3.99. The fourth-order valence-electron chi connectivity index (χ4n) is 3.78. The van der Waals surface area contributed by atoms with E-state index in [1.165, 1.54) is 38.5 Å². The molecule has 0 N–H and O–H groups in total. The molecule has 1 atom stereocenters. The van der Waals surface area contributed by atoms with Crippen molar-refractivity contribution in [3.05, 3.63) is 0 Å². The summed E-state index contributed by atoms with van der Waals surface area (Å²) in [4.78, 5) is 11.7. The standard InChI is InChI=1S/C15H27O2P/c1-11-2-4-12(5-3-11)13-6-8-14(9-7-13)15(16)17-10-18/h11-14H,2-10,18H2,1H3. The highest BCUT2D eigenvalue weighted by Gasteiger charge is 2.32. The Bertz CT molecular complexity index is 264. The summed E-state index contributed by atoms with van der Waals surface area (Å²) in [6, 6.07) is 0. The van der Waals surface area contributed by atoms with Crippen LogP contribution in [-0.4, -0.2) is 12.3 Å². The van der Waals surface area contributed by atoms with E-state index in [1.807, 2.05) is 0 Å². The van der Waals surface area contributed by atoms with Gasteiger partial charge in [-0.25, -0.2) is 0 Å². The molecule has 0 radical (unpaired) electrons.